The van der Waals surface area contributed by atoms with Gasteiger partial charge in [-0.05, 0) is 36.1 Å². The van der Waals surface area contributed by atoms with Crippen LogP contribution in [0.5, 0.6) is 0 Å². The zero-order valence-electron chi connectivity index (χ0n) is 9.07. The topological polar surface area (TPSA) is 26.0 Å². The summed E-state index contributed by atoms with van der Waals surface area (Å²) in [5, 5.41) is 2.11. The SMILES string of the molecule is Cc1cc(C(N)c2cc3sccc3s2)sc1Cl. The molecule has 3 aromatic rings. The Labute approximate surface area is 116 Å². The minimum absolute atomic E-state index is 0.0456. The third kappa shape index (κ3) is 2.04. The quantitative estimate of drug-likeness (QED) is 0.705. The van der Waals surface area contributed by atoms with Crippen molar-refractivity contribution in [2.24, 2.45) is 5.73 Å². The third-order valence-corrected chi connectivity index (χ3v) is 6.46. The van der Waals surface area contributed by atoms with Crippen molar-refractivity contribution in [3.63, 3.8) is 0 Å². The molecule has 2 N–H and O–H groups in total. The van der Waals surface area contributed by atoms with Gasteiger partial charge in [0.05, 0.1) is 10.4 Å². The summed E-state index contributed by atoms with van der Waals surface area (Å²) in [5.74, 6) is 0. The van der Waals surface area contributed by atoms with Crippen LogP contribution in [0.15, 0.2) is 23.6 Å². The van der Waals surface area contributed by atoms with E-state index in [9.17, 15) is 0 Å². The molecule has 88 valence electrons. The molecule has 0 aromatic carbocycles. The number of aryl methyl sites for hydroxylation is 1. The Morgan fingerprint density at radius 1 is 1.18 bits per heavy atom. The second kappa shape index (κ2) is 4.37. The Kier molecular flexibility index (Phi) is 3.00. The van der Waals surface area contributed by atoms with Gasteiger partial charge in [-0.25, -0.2) is 0 Å². The summed E-state index contributed by atoms with van der Waals surface area (Å²) in [6, 6.07) is 6.38. The van der Waals surface area contributed by atoms with Crippen LogP contribution < -0.4 is 5.73 Å². The highest BCUT2D eigenvalue weighted by atomic mass is 35.5. The lowest BCUT2D eigenvalue weighted by Crippen LogP contribution is -2.07. The van der Waals surface area contributed by atoms with Crippen molar-refractivity contribution in [3.8, 4) is 0 Å². The van der Waals surface area contributed by atoms with Crippen LogP contribution in [-0.2, 0) is 0 Å². The van der Waals surface area contributed by atoms with E-state index in [0.717, 1.165) is 14.8 Å². The van der Waals surface area contributed by atoms with E-state index >= 15 is 0 Å². The molecule has 0 bridgehead atoms. The van der Waals surface area contributed by atoms with Gasteiger partial charge in [-0.2, -0.15) is 0 Å². The molecule has 0 aliphatic rings. The highest BCUT2D eigenvalue weighted by molar-refractivity contribution is 7.27. The van der Waals surface area contributed by atoms with Crippen LogP contribution in [0.4, 0.5) is 0 Å². The highest BCUT2D eigenvalue weighted by Gasteiger charge is 2.16. The average Bonchev–Trinajstić information content (AvgIpc) is 2.92. The molecular formula is C12H10ClNS3. The van der Waals surface area contributed by atoms with Gasteiger partial charge in [0.1, 0.15) is 0 Å². The van der Waals surface area contributed by atoms with Gasteiger partial charge in [0.25, 0.3) is 0 Å². The van der Waals surface area contributed by atoms with Crippen molar-refractivity contribution in [1.29, 1.82) is 0 Å². The molecule has 1 atom stereocenters. The summed E-state index contributed by atoms with van der Waals surface area (Å²) in [6.45, 7) is 2.02. The molecule has 0 fully saturated rings. The Balaban J connectivity index is 2.01. The Morgan fingerprint density at radius 2 is 1.94 bits per heavy atom. The van der Waals surface area contributed by atoms with Gasteiger partial charge in [0.15, 0.2) is 0 Å². The van der Waals surface area contributed by atoms with Crippen LogP contribution in [0.2, 0.25) is 4.34 Å². The van der Waals surface area contributed by atoms with Gasteiger partial charge in [0, 0.05) is 19.2 Å². The van der Waals surface area contributed by atoms with E-state index in [1.807, 2.05) is 6.92 Å². The lowest BCUT2D eigenvalue weighted by molar-refractivity contribution is 0.917. The van der Waals surface area contributed by atoms with E-state index in [-0.39, 0.29) is 6.04 Å². The van der Waals surface area contributed by atoms with E-state index < -0.39 is 0 Å². The van der Waals surface area contributed by atoms with Crippen molar-refractivity contribution < 1.29 is 0 Å². The predicted octanol–water partition coefficient (Wildman–Crippen LogP) is 5.03. The van der Waals surface area contributed by atoms with E-state index in [0.29, 0.717) is 0 Å². The third-order valence-electron chi connectivity index (χ3n) is 2.65. The molecular weight excluding hydrogens is 290 g/mol. The lowest BCUT2D eigenvalue weighted by Gasteiger charge is -2.05. The molecule has 5 heteroatoms. The van der Waals surface area contributed by atoms with Gasteiger partial charge < -0.3 is 5.73 Å². The summed E-state index contributed by atoms with van der Waals surface area (Å²) < 4.78 is 3.48. The summed E-state index contributed by atoms with van der Waals surface area (Å²) >= 11 is 11.2. The maximum absolute atomic E-state index is 6.29. The van der Waals surface area contributed by atoms with E-state index in [1.54, 1.807) is 34.0 Å². The van der Waals surface area contributed by atoms with Crippen molar-refractivity contribution in [2.45, 2.75) is 13.0 Å². The summed E-state index contributed by atoms with van der Waals surface area (Å²) in [6.07, 6.45) is 0. The zero-order chi connectivity index (χ0) is 12.0. The molecule has 3 heterocycles. The smallest absolute Gasteiger partial charge is 0.0961 e. The molecule has 3 aromatic heterocycles. The summed E-state index contributed by atoms with van der Waals surface area (Å²) in [5.41, 5.74) is 7.40. The molecule has 0 aliphatic heterocycles. The molecule has 17 heavy (non-hydrogen) atoms. The van der Waals surface area contributed by atoms with Gasteiger partial charge in [0.2, 0.25) is 0 Å². The van der Waals surface area contributed by atoms with Crippen LogP contribution in [0.25, 0.3) is 9.40 Å². The second-order valence-electron chi connectivity index (χ2n) is 3.88. The Morgan fingerprint density at radius 3 is 2.59 bits per heavy atom. The van der Waals surface area contributed by atoms with Gasteiger partial charge in [-0.15, -0.1) is 34.0 Å². The summed E-state index contributed by atoms with van der Waals surface area (Å²) in [4.78, 5) is 2.35. The number of hydrogen-bond acceptors (Lipinski definition) is 4. The first-order valence-corrected chi connectivity index (χ1v) is 8.02. The van der Waals surface area contributed by atoms with Gasteiger partial charge in [-0.1, -0.05) is 11.6 Å². The van der Waals surface area contributed by atoms with Crippen molar-refractivity contribution in [1.82, 2.24) is 0 Å². The molecule has 0 saturated carbocycles. The molecule has 0 spiro atoms. The average molecular weight is 300 g/mol. The largest absolute Gasteiger partial charge is 0.319 e. The van der Waals surface area contributed by atoms with Crippen LogP contribution in [0, 0.1) is 6.92 Å². The fourth-order valence-corrected chi connectivity index (χ4v) is 5.17. The molecule has 0 radical (unpaired) electrons. The molecule has 1 nitrogen and oxygen atoms in total. The fraction of sp³-hybridized carbons (Fsp3) is 0.167. The number of rotatable bonds is 2. The van der Waals surface area contributed by atoms with Gasteiger partial charge in [-0.3, -0.25) is 0 Å². The standard InChI is InChI=1S/C12H10ClNS3/c1-6-4-9(17-12(6)13)11(14)10-5-8-7(16-10)2-3-15-8/h2-5,11H,14H2,1H3. The molecule has 0 amide bonds. The molecule has 0 aliphatic carbocycles. The maximum atomic E-state index is 6.29. The first kappa shape index (κ1) is 11.7. The van der Waals surface area contributed by atoms with Crippen LogP contribution in [0.3, 0.4) is 0 Å². The second-order valence-corrected chi connectivity index (χ2v) is 7.63. The number of halogens is 1. The van der Waals surface area contributed by atoms with Crippen LogP contribution in [-0.4, -0.2) is 0 Å². The zero-order valence-corrected chi connectivity index (χ0v) is 12.3. The van der Waals surface area contributed by atoms with Crippen molar-refractivity contribution in [2.75, 3.05) is 0 Å². The number of fused-ring (bicyclic) bond motifs is 1. The molecule has 3 rings (SSSR count). The first-order chi connectivity index (χ1) is 8.15. The monoisotopic (exact) mass is 299 g/mol. The van der Waals surface area contributed by atoms with E-state index in [2.05, 4.69) is 23.6 Å². The minimum atomic E-state index is -0.0456. The van der Waals surface area contributed by atoms with Crippen molar-refractivity contribution in [3.05, 3.63) is 43.2 Å². The van der Waals surface area contributed by atoms with Crippen LogP contribution >= 0.6 is 45.6 Å². The number of thiophene rings is 3. The van der Waals surface area contributed by atoms with E-state index in [1.165, 1.54) is 14.3 Å². The summed E-state index contributed by atoms with van der Waals surface area (Å²) in [7, 11) is 0. The molecule has 0 saturated heterocycles. The van der Waals surface area contributed by atoms with Gasteiger partial charge >= 0.3 is 0 Å². The molecule has 1 unspecified atom stereocenters. The minimum Gasteiger partial charge on any atom is -0.319 e. The fourth-order valence-electron chi connectivity index (χ4n) is 1.71. The highest BCUT2D eigenvalue weighted by Crippen LogP contribution is 2.38. The van der Waals surface area contributed by atoms with Crippen molar-refractivity contribution >= 4 is 55.0 Å². The number of nitrogens with two attached hydrogens (primary N) is 1. The maximum Gasteiger partial charge on any atom is 0.0961 e. The normalized spacial score (nSPS) is 13.4. The Hall–Kier alpha value is -0.390. The first-order valence-electron chi connectivity index (χ1n) is 5.13. The van der Waals surface area contributed by atoms with Crippen LogP contribution in [0.1, 0.15) is 21.4 Å². The Bertz CT molecular complexity index is 616. The lowest BCUT2D eigenvalue weighted by atomic mass is 10.2. The number of hydrogen-bond donors (Lipinski definition) is 1. The van der Waals surface area contributed by atoms with E-state index in [4.69, 9.17) is 17.3 Å². The predicted molar refractivity (Wildman–Crippen MR) is 79.8 cm³/mol.